The van der Waals surface area contributed by atoms with Gasteiger partial charge in [-0.1, -0.05) is 39.5 Å². The average Bonchev–Trinajstić information content (AvgIpc) is 2.88. The summed E-state index contributed by atoms with van der Waals surface area (Å²) in [6.45, 7) is 7.42. The van der Waals surface area contributed by atoms with E-state index in [9.17, 15) is 19.2 Å². The van der Waals surface area contributed by atoms with Gasteiger partial charge in [0.25, 0.3) is 0 Å². The monoisotopic (exact) mass is 541 g/mol. The number of likely N-dealkylation sites (N-methyl/N-ethyl adjacent to an activating group) is 1. The smallest absolute Gasteiger partial charge is 0.305 e. The van der Waals surface area contributed by atoms with E-state index in [2.05, 4.69) is 19.2 Å². The van der Waals surface area contributed by atoms with Gasteiger partial charge in [-0.2, -0.15) is 0 Å². The lowest BCUT2D eigenvalue weighted by Crippen LogP contribution is -2.33. The number of hydrogen-bond donors (Lipinski definition) is 1. The first kappa shape index (κ1) is 35.5. The van der Waals surface area contributed by atoms with Crippen LogP contribution in [0.2, 0.25) is 0 Å². The Labute approximate surface area is 229 Å². The van der Waals surface area contributed by atoms with Gasteiger partial charge in [0.05, 0.1) is 26.4 Å². The largest absolute Gasteiger partial charge is 0.466 e. The zero-order valence-electron chi connectivity index (χ0n) is 24.1. The van der Waals surface area contributed by atoms with Crippen LogP contribution in [-0.2, 0) is 33.4 Å². The van der Waals surface area contributed by atoms with Crippen molar-refractivity contribution in [2.75, 3.05) is 66.7 Å². The zero-order chi connectivity index (χ0) is 28.4. The van der Waals surface area contributed by atoms with E-state index < -0.39 is 0 Å². The molecule has 38 heavy (non-hydrogen) atoms. The molecule has 220 valence electrons. The normalized spacial score (nSPS) is 11.1. The highest BCUT2D eigenvalue weighted by Gasteiger charge is 2.12. The van der Waals surface area contributed by atoms with Gasteiger partial charge in [0, 0.05) is 51.2 Å². The second-order valence-corrected chi connectivity index (χ2v) is 9.43. The number of unbranched alkanes of at least 4 members (excludes halogenated alkanes) is 4. The fraction of sp³-hybridized carbons (Fsp3) is 0.786. The van der Waals surface area contributed by atoms with Gasteiger partial charge in [0.2, 0.25) is 11.8 Å². The molecule has 0 aliphatic carbocycles. The molecular weight excluding hydrogens is 490 g/mol. The minimum absolute atomic E-state index is 0.221. The molecule has 0 aromatic rings. The third kappa shape index (κ3) is 22.7. The van der Waals surface area contributed by atoms with E-state index in [0.29, 0.717) is 58.5 Å². The first-order chi connectivity index (χ1) is 18.3. The molecule has 0 radical (unpaired) electrons. The van der Waals surface area contributed by atoms with Crippen LogP contribution in [0.4, 0.5) is 0 Å². The fourth-order valence-corrected chi connectivity index (χ4v) is 3.30. The summed E-state index contributed by atoms with van der Waals surface area (Å²) < 4.78 is 16.0. The van der Waals surface area contributed by atoms with E-state index in [4.69, 9.17) is 14.2 Å². The first-order valence-electron chi connectivity index (χ1n) is 14.1. The number of hydrogen-bond acceptors (Lipinski definition) is 8. The number of amides is 2. The third-order valence-electron chi connectivity index (χ3n) is 5.56. The summed E-state index contributed by atoms with van der Waals surface area (Å²) in [6, 6.07) is 0. The Morgan fingerprint density at radius 3 is 1.74 bits per heavy atom. The molecule has 0 heterocycles. The molecule has 0 bridgehead atoms. The van der Waals surface area contributed by atoms with Crippen molar-refractivity contribution in [3.63, 3.8) is 0 Å². The van der Waals surface area contributed by atoms with Crippen LogP contribution >= 0.6 is 0 Å². The molecular formula is C28H51N3O7. The van der Waals surface area contributed by atoms with Gasteiger partial charge >= 0.3 is 11.9 Å². The molecule has 0 spiro atoms. The number of nitrogens with zero attached hydrogens (tertiary/aromatic N) is 2. The number of carbonyl (C=O) groups is 4. The Morgan fingerprint density at radius 1 is 0.684 bits per heavy atom. The van der Waals surface area contributed by atoms with Crippen LogP contribution in [0, 0.1) is 0 Å². The third-order valence-corrected chi connectivity index (χ3v) is 5.56. The van der Waals surface area contributed by atoms with Crippen molar-refractivity contribution in [2.24, 2.45) is 0 Å². The van der Waals surface area contributed by atoms with Crippen molar-refractivity contribution in [1.82, 2.24) is 15.1 Å². The Bertz CT molecular complexity index is 653. The summed E-state index contributed by atoms with van der Waals surface area (Å²) in [5.74, 6) is -1.16. The van der Waals surface area contributed by atoms with E-state index in [1.807, 2.05) is 19.0 Å². The Morgan fingerprint density at radius 2 is 1.24 bits per heavy atom. The van der Waals surface area contributed by atoms with Crippen molar-refractivity contribution in [1.29, 1.82) is 0 Å². The molecule has 0 fully saturated rings. The molecule has 0 aromatic heterocycles. The maximum absolute atomic E-state index is 12.7. The predicted molar refractivity (Wildman–Crippen MR) is 148 cm³/mol. The van der Waals surface area contributed by atoms with Gasteiger partial charge < -0.3 is 29.3 Å². The van der Waals surface area contributed by atoms with Gasteiger partial charge in [-0.05, 0) is 39.8 Å². The summed E-state index contributed by atoms with van der Waals surface area (Å²) in [5, 5.41) is 2.69. The second kappa shape index (κ2) is 24.9. The maximum Gasteiger partial charge on any atom is 0.305 e. The predicted octanol–water partition coefficient (Wildman–Crippen LogP) is 3.09. The summed E-state index contributed by atoms with van der Waals surface area (Å²) in [5.41, 5.74) is 0. The minimum atomic E-state index is -0.378. The quantitative estimate of drug-likeness (QED) is 0.113. The molecule has 10 nitrogen and oxygen atoms in total. The highest BCUT2D eigenvalue weighted by atomic mass is 16.5. The second-order valence-electron chi connectivity index (χ2n) is 9.43. The Kier molecular flexibility index (Phi) is 23.2. The molecule has 0 rings (SSSR count). The number of rotatable bonds is 24. The van der Waals surface area contributed by atoms with Gasteiger partial charge in [0.1, 0.15) is 0 Å². The molecule has 0 saturated heterocycles. The molecule has 10 heteroatoms. The highest BCUT2D eigenvalue weighted by Crippen LogP contribution is 2.04. The lowest BCUT2D eigenvalue weighted by molar-refractivity contribution is -0.144. The van der Waals surface area contributed by atoms with E-state index >= 15 is 0 Å². The van der Waals surface area contributed by atoms with Crippen LogP contribution in [-0.4, -0.2) is 100 Å². The van der Waals surface area contributed by atoms with Gasteiger partial charge in [0.15, 0.2) is 0 Å². The van der Waals surface area contributed by atoms with Crippen LogP contribution in [0.1, 0.15) is 78.1 Å². The van der Waals surface area contributed by atoms with E-state index in [1.165, 1.54) is 12.2 Å². The molecule has 0 unspecified atom stereocenters. The first-order valence-corrected chi connectivity index (χ1v) is 14.1. The maximum atomic E-state index is 12.7. The number of ether oxygens (including phenoxy) is 3. The van der Waals surface area contributed by atoms with Crippen LogP contribution in [0.3, 0.4) is 0 Å². The molecule has 0 aliphatic heterocycles. The van der Waals surface area contributed by atoms with Crippen molar-refractivity contribution >= 4 is 23.8 Å². The average molecular weight is 542 g/mol. The molecule has 0 aliphatic rings. The van der Waals surface area contributed by atoms with Crippen LogP contribution in [0.25, 0.3) is 0 Å². The van der Waals surface area contributed by atoms with Crippen LogP contribution in [0.5, 0.6) is 0 Å². The minimum Gasteiger partial charge on any atom is -0.466 e. The van der Waals surface area contributed by atoms with Gasteiger partial charge in [-0.25, -0.2) is 0 Å². The van der Waals surface area contributed by atoms with E-state index in [-0.39, 0.29) is 37.0 Å². The van der Waals surface area contributed by atoms with Gasteiger partial charge in [-0.15, -0.1) is 0 Å². The lowest BCUT2D eigenvalue weighted by atomic mass is 10.2. The summed E-state index contributed by atoms with van der Waals surface area (Å²) >= 11 is 0. The Hall–Kier alpha value is -2.46. The van der Waals surface area contributed by atoms with Crippen molar-refractivity contribution < 1.29 is 33.4 Å². The van der Waals surface area contributed by atoms with Crippen molar-refractivity contribution in [2.45, 2.75) is 78.1 Å². The number of esters is 2. The van der Waals surface area contributed by atoms with Crippen molar-refractivity contribution in [3.8, 4) is 0 Å². The SMILES string of the molecule is CCCCCC(=O)OCCCN(CCCOC(=O)CCCCC)C(=O)/C=C/C(=O)NCCOCCN(C)C. The van der Waals surface area contributed by atoms with Gasteiger partial charge in [-0.3, -0.25) is 19.2 Å². The van der Waals surface area contributed by atoms with E-state index in [1.54, 1.807) is 4.90 Å². The summed E-state index contributed by atoms with van der Waals surface area (Å²) in [4.78, 5) is 52.0. The van der Waals surface area contributed by atoms with Crippen LogP contribution < -0.4 is 5.32 Å². The number of nitrogens with one attached hydrogen (secondary N) is 1. The van der Waals surface area contributed by atoms with Crippen molar-refractivity contribution in [3.05, 3.63) is 12.2 Å². The highest BCUT2D eigenvalue weighted by molar-refractivity contribution is 5.96. The molecule has 1 N–H and O–H groups in total. The fourth-order valence-electron chi connectivity index (χ4n) is 3.30. The molecule has 0 aromatic carbocycles. The Balaban J connectivity index is 4.56. The number of carbonyl (C=O) groups excluding carboxylic acids is 4. The summed E-state index contributed by atoms with van der Waals surface area (Å²) in [7, 11) is 3.91. The van der Waals surface area contributed by atoms with Crippen LogP contribution in [0.15, 0.2) is 12.2 Å². The summed E-state index contributed by atoms with van der Waals surface area (Å²) in [6.07, 6.45) is 9.87. The topological polar surface area (TPSA) is 114 Å². The standard InChI is InChI=1S/C28H51N3O7/c1-5-7-9-13-27(34)37-21-11-18-31(19-12-22-38-28(35)14-10-8-6-2)26(33)16-15-25(32)29-17-23-36-24-20-30(3)4/h15-16H,5-14,17-24H2,1-4H3,(H,29,32)/b16-15+. The molecule has 2 amide bonds. The zero-order valence-corrected chi connectivity index (χ0v) is 24.1. The van der Waals surface area contributed by atoms with E-state index in [0.717, 1.165) is 45.1 Å². The lowest BCUT2D eigenvalue weighted by Gasteiger charge is -2.21. The molecule has 0 saturated carbocycles. The molecule has 0 atom stereocenters.